The van der Waals surface area contributed by atoms with Gasteiger partial charge in [0.15, 0.2) is 6.29 Å². The van der Waals surface area contributed by atoms with E-state index in [0.717, 1.165) is 0 Å². The molecule has 1 aromatic carbocycles. The zero-order valence-electron chi connectivity index (χ0n) is 20.7. The topological polar surface area (TPSA) is 181 Å². The van der Waals surface area contributed by atoms with Gasteiger partial charge in [0, 0.05) is 23.8 Å². The normalized spacial score (nSPS) is 34.8. The van der Waals surface area contributed by atoms with E-state index in [1.165, 1.54) is 31.6 Å². The number of aliphatic hydroxyl groups is 4. The zero-order chi connectivity index (χ0) is 27.4. The van der Waals surface area contributed by atoms with Crippen LogP contribution >= 0.6 is 0 Å². The van der Waals surface area contributed by atoms with Crippen LogP contribution in [0, 0.1) is 17.8 Å². The molecule has 0 spiro atoms. The van der Waals surface area contributed by atoms with Crippen molar-refractivity contribution in [3.05, 3.63) is 47.7 Å². The second-order valence-electron chi connectivity index (χ2n) is 9.48. The van der Waals surface area contributed by atoms with E-state index < -0.39 is 61.5 Å². The Hall–Kier alpha value is -3.00. The van der Waals surface area contributed by atoms with Gasteiger partial charge in [-0.25, -0.2) is 9.59 Å². The number of esters is 2. The quantitative estimate of drug-likeness (QED) is 0.219. The van der Waals surface area contributed by atoms with Crippen molar-refractivity contribution in [3.63, 3.8) is 0 Å². The van der Waals surface area contributed by atoms with Gasteiger partial charge in [-0.05, 0) is 36.6 Å². The summed E-state index contributed by atoms with van der Waals surface area (Å²) >= 11 is 0. The van der Waals surface area contributed by atoms with E-state index in [0.29, 0.717) is 24.0 Å². The minimum Gasteiger partial charge on any atom is -0.508 e. The predicted octanol–water partition coefficient (Wildman–Crippen LogP) is -0.179. The number of hydrogen-bond donors (Lipinski definition) is 5. The van der Waals surface area contributed by atoms with Crippen LogP contribution in [0.25, 0.3) is 6.08 Å². The molecule has 0 amide bonds. The molecule has 1 saturated carbocycles. The Morgan fingerprint density at radius 2 is 1.79 bits per heavy atom. The number of methoxy groups -OCH3 is 1. The third-order valence-electron chi connectivity index (χ3n) is 7.18. The number of benzene rings is 1. The van der Waals surface area contributed by atoms with E-state index in [9.17, 15) is 35.1 Å². The Balaban J connectivity index is 1.46. The molecule has 2 fully saturated rings. The molecular formula is C26H32O12. The van der Waals surface area contributed by atoms with Gasteiger partial charge in [-0.1, -0.05) is 12.1 Å². The summed E-state index contributed by atoms with van der Waals surface area (Å²) in [5.74, 6) is -2.21. The number of carbonyl (C=O) groups is 2. The second kappa shape index (κ2) is 12.2. The maximum absolute atomic E-state index is 12.4. The smallest absolute Gasteiger partial charge is 0.337 e. The van der Waals surface area contributed by atoms with Crippen molar-refractivity contribution in [3.8, 4) is 5.75 Å². The molecule has 208 valence electrons. The average Bonchev–Trinajstić information content (AvgIpc) is 3.36. The molecule has 1 aliphatic carbocycles. The highest BCUT2D eigenvalue weighted by Gasteiger charge is 2.52. The summed E-state index contributed by atoms with van der Waals surface area (Å²) in [5.41, 5.74) is 0.995. The van der Waals surface area contributed by atoms with Crippen molar-refractivity contribution in [2.24, 2.45) is 17.8 Å². The molecule has 3 aliphatic rings. The number of fused-ring (bicyclic) bond motifs is 1. The Bertz CT molecular complexity index is 1040. The molecule has 2 heterocycles. The van der Waals surface area contributed by atoms with E-state index >= 15 is 0 Å². The van der Waals surface area contributed by atoms with E-state index in [1.807, 2.05) is 0 Å². The van der Waals surface area contributed by atoms with Gasteiger partial charge in [-0.15, -0.1) is 0 Å². The number of aromatic hydroxyl groups is 1. The average molecular weight is 537 g/mol. The lowest BCUT2D eigenvalue weighted by Gasteiger charge is -2.43. The lowest BCUT2D eigenvalue weighted by Crippen LogP contribution is -2.60. The Kier molecular flexibility index (Phi) is 9.03. The second-order valence-corrected chi connectivity index (χ2v) is 9.48. The van der Waals surface area contributed by atoms with Crippen molar-refractivity contribution in [2.75, 3.05) is 20.3 Å². The standard InChI is InChI=1S/C26H32O12/c1-34-24(33)17-12-36-25(38-26-23(32)22(31)21(30)18(10-27)37-26)20-14(5-8-16(17)20)11-35-19(29)9-4-13-2-6-15(28)7-3-13/h2-4,6-7,9,12,14,16,18,20-23,25-28,30-32H,5,8,10-11H2,1H3/b9-4-/t14-,16-,18+,20-,21+,22-,23+,25+,26-/m1/s1. The van der Waals surface area contributed by atoms with Gasteiger partial charge in [0.25, 0.3) is 0 Å². The molecular weight excluding hydrogens is 504 g/mol. The molecule has 2 aliphatic heterocycles. The first-order chi connectivity index (χ1) is 18.2. The maximum atomic E-state index is 12.4. The molecule has 5 N–H and O–H groups in total. The highest BCUT2D eigenvalue weighted by Crippen LogP contribution is 2.47. The molecule has 0 unspecified atom stereocenters. The molecule has 12 nitrogen and oxygen atoms in total. The molecule has 12 heteroatoms. The molecule has 9 atom stereocenters. The summed E-state index contributed by atoms with van der Waals surface area (Å²) in [5, 5.41) is 49.4. The third kappa shape index (κ3) is 6.01. The number of hydrogen-bond acceptors (Lipinski definition) is 12. The van der Waals surface area contributed by atoms with Crippen LogP contribution in [0.5, 0.6) is 5.75 Å². The van der Waals surface area contributed by atoms with Crippen LogP contribution in [-0.4, -0.2) is 94.8 Å². The van der Waals surface area contributed by atoms with Gasteiger partial charge in [0.05, 0.1) is 32.2 Å². The number of phenols is 1. The Labute approximate surface area is 218 Å². The molecule has 4 rings (SSSR count). The van der Waals surface area contributed by atoms with Crippen molar-refractivity contribution in [2.45, 2.75) is 49.8 Å². The van der Waals surface area contributed by atoms with Crippen LogP contribution in [-0.2, 0) is 33.3 Å². The van der Waals surface area contributed by atoms with E-state index in [-0.39, 0.29) is 24.2 Å². The molecule has 0 radical (unpaired) electrons. The van der Waals surface area contributed by atoms with Crippen LogP contribution in [0.2, 0.25) is 0 Å². The summed E-state index contributed by atoms with van der Waals surface area (Å²) in [6, 6.07) is 6.27. The van der Waals surface area contributed by atoms with Crippen LogP contribution in [0.3, 0.4) is 0 Å². The van der Waals surface area contributed by atoms with E-state index in [1.54, 1.807) is 18.2 Å². The highest BCUT2D eigenvalue weighted by atomic mass is 16.8. The minimum absolute atomic E-state index is 0.00767. The molecule has 0 bridgehead atoms. The van der Waals surface area contributed by atoms with Crippen molar-refractivity contribution in [1.29, 1.82) is 0 Å². The fraction of sp³-hybridized carbons (Fsp3) is 0.538. The van der Waals surface area contributed by atoms with Crippen molar-refractivity contribution in [1.82, 2.24) is 0 Å². The summed E-state index contributed by atoms with van der Waals surface area (Å²) in [6.07, 6.45) is -3.33. The van der Waals surface area contributed by atoms with Gasteiger partial charge >= 0.3 is 11.9 Å². The first-order valence-electron chi connectivity index (χ1n) is 12.3. The number of carbonyl (C=O) groups excluding carboxylic acids is 2. The molecule has 38 heavy (non-hydrogen) atoms. The fourth-order valence-electron chi connectivity index (χ4n) is 5.13. The van der Waals surface area contributed by atoms with Crippen molar-refractivity contribution < 1.29 is 58.8 Å². The van der Waals surface area contributed by atoms with E-state index in [4.69, 9.17) is 23.7 Å². The van der Waals surface area contributed by atoms with Gasteiger partial charge in [0.2, 0.25) is 6.29 Å². The van der Waals surface area contributed by atoms with Crippen LogP contribution in [0.1, 0.15) is 18.4 Å². The first kappa shape index (κ1) is 28.0. The number of ether oxygens (including phenoxy) is 5. The summed E-state index contributed by atoms with van der Waals surface area (Å²) < 4.78 is 27.4. The summed E-state index contributed by atoms with van der Waals surface area (Å²) in [6.45, 7) is -0.628. The number of rotatable bonds is 8. The monoisotopic (exact) mass is 536 g/mol. The first-order valence-corrected chi connectivity index (χ1v) is 12.3. The fourth-order valence-corrected chi connectivity index (χ4v) is 5.13. The van der Waals surface area contributed by atoms with Gasteiger partial charge < -0.3 is 49.2 Å². The molecule has 1 saturated heterocycles. The SMILES string of the molecule is COC(=O)C1=CO[C@@H](O[C@H]2O[C@@H](CO)[C@H](O)[C@@H](O)[C@@H]2O)[C@@H]2[C@@H](COC(=O)/C=C\c3ccc(O)cc3)CC[C@H]12. The maximum Gasteiger partial charge on any atom is 0.337 e. The minimum atomic E-state index is -1.64. The number of phenolic OH excluding ortho intramolecular Hbond substituents is 1. The Morgan fingerprint density at radius 3 is 2.47 bits per heavy atom. The summed E-state index contributed by atoms with van der Waals surface area (Å²) in [7, 11) is 1.25. The lowest BCUT2D eigenvalue weighted by molar-refractivity contribution is -0.342. The lowest BCUT2D eigenvalue weighted by atomic mass is 9.83. The highest BCUT2D eigenvalue weighted by molar-refractivity contribution is 5.89. The van der Waals surface area contributed by atoms with Gasteiger partial charge in [0.1, 0.15) is 30.2 Å². The molecule has 1 aromatic rings. The van der Waals surface area contributed by atoms with Crippen LogP contribution < -0.4 is 0 Å². The third-order valence-corrected chi connectivity index (χ3v) is 7.18. The van der Waals surface area contributed by atoms with Gasteiger partial charge in [-0.3, -0.25) is 0 Å². The predicted molar refractivity (Wildman–Crippen MR) is 128 cm³/mol. The number of aliphatic hydroxyl groups excluding tert-OH is 4. The zero-order valence-corrected chi connectivity index (χ0v) is 20.7. The van der Waals surface area contributed by atoms with Crippen LogP contribution in [0.15, 0.2) is 42.2 Å². The molecule has 0 aromatic heterocycles. The van der Waals surface area contributed by atoms with Gasteiger partial charge in [-0.2, -0.15) is 0 Å². The summed E-state index contributed by atoms with van der Waals surface area (Å²) in [4.78, 5) is 24.7. The Morgan fingerprint density at radius 1 is 1.05 bits per heavy atom. The largest absolute Gasteiger partial charge is 0.508 e. The van der Waals surface area contributed by atoms with E-state index in [2.05, 4.69) is 0 Å². The van der Waals surface area contributed by atoms with Crippen LogP contribution in [0.4, 0.5) is 0 Å². The van der Waals surface area contributed by atoms with Crippen molar-refractivity contribution >= 4 is 18.0 Å².